The molecule has 0 aliphatic rings. The highest BCUT2D eigenvalue weighted by atomic mass is 14.7. The van der Waals surface area contributed by atoms with E-state index in [2.05, 4.69) is 62.4 Å². The van der Waals surface area contributed by atoms with E-state index < -0.39 is 0 Å². The summed E-state index contributed by atoms with van der Waals surface area (Å²) >= 11 is 0. The van der Waals surface area contributed by atoms with Crippen molar-refractivity contribution in [3.63, 3.8) is 0 Å². The van der Waals surface area contributed by atoms with Gasteiger partial charge >= 0.3 is 0 Å². The van der Waals surface area contributed by atoms with Gasteiger partial charge in [-0.05, 0) is 74.9 Å². The van der Waals surface area contributed by atoms with Crippen molar-refractivity contribution in [1.29, 1.82) is 0 Å². The Labute approximate surface area is 154 Å². The summed E-state index contributed by atoms with van der Waals surface area (Å²) in [5.41, 5.74) is 7.24. The van der Waals surface area contributed by atoms with E-state index in [1.165, 1.54) is 34.7 Å². The van der Waals surface area contributed by atoms with Gasteiger partial charge in [-0.2, -0.15) is 0 Å². The Bertz CT molecular complexity index is 979. The van der Waals surface area contributed by atoms with Crippen molar-refractivity contribution < 1.29 is 0 Å². The number of para-hydroxylation sites is 2. The molecule has 4 rings (SSSR count). The van der Waals surface area contributed by atoms with Gasteiger partial charge in [0.2, 0.25) is 0 Å². The summed E-state index contributed by atoms with van der Waals surface area (Å²) in [7, 11) is 0. The van der Waals surface area contributed by atoms with Crippen LogP contribution in [0.2, 0.25) is 0 Å². The summed E-state index contributed by atoms with van der Waals surface area (Å²) in [5, 5.41) is 2.48. The van der Waals surface area contributed by atoms with Crippen LogP contribution in [-0.4, -0.2) is 9.97 Å². The first-order chi connectivity index (χ1) is 12.7. The van der Waals surface area contributed by atoms with E-state index >= 15 is 0 Å². The van der Waals surface area contributed by atoms with E-state index in [0.717, 1.165) is 35.3 Å². The van der Waals surface area contributed by atoms with Crippen molar-refractivity contribution in [1.82, 2.24) is 9.97 Å². The van der Waals surface area contributed by atoms with Crippen LogP contribution in [0.1, 0.15) is 35.4 Å². The zero-order chi connectivity index (χ0) is 17.9. The number of hydrogen-bond acceptors (Lipinski definition) is 2. The van der Waals surface area contributed by atoms with Crippen molar-refractivity contribution >= 4 is 21.8 Å². The molecule has 4 aromatic rings. The molecule has 2 heteroatoms. The highest BCUT2D eigenvalue weighted by Gasteiger charge is 2.05. The molecular weight excluding hydrogens is 316 g/mol. The molecule has 0 aliphatic heterocycles. The molecule has 0 amide bonds. The lowest BCUT2D eigenvalue weighted by Gasteiger charge is -2.09. The van der Waals surface area contributed by atoms with Gasteiger partial charge in [-0.25, -0.2) is 0 Å². The molecule has 0 unspecified atom stereocenters. The molecule has 0 N–H and O–H groups in total. The average molecular weight is 340 g/mol. The van der Waals surface area contributed by atoms with Gasteiger partial charge in [-0.3, -0.25) is 9.97 Å². The maximum Gasteiger partial charge on any atom is 0.0705 e. The van der Waals surface area contributed by atoms with Crippen molar-refractivity contribution in [3.8, 4) is 0 Å². The van der Waals surface area contributed by atoms with Gasteiger partial charge in [0.1, 0.15) is 0 Å². The number of unbranched alkanes of at least 4 members (excludes halogenated alkanes) is 1. The van der Waals surface area contributed by atoms with Crippen LogP contribution in [0.3, 0.4) is 0 Å². The Morgan fingerprint density at radius 1 is 0.615 bits per heavy atom. The quantitative estimate of drug-likeness (QED) is 0.419. The highest BCUT2D eigenvalue weighted by molar-refractivity contribution is 5.80. The molecule has 0 fully saturated rings. The zero-order valence-corrected chi connectivity index (χ0v) is 15.5. The number of aryl methyl sites for hydroxylation is 4. The molecule has 0 bridgehead atoms. The molecule has 2 nitrogen and oxygen atoms in total. The number of benzene rings is 2. The molecule has 130 valence electrons. The lowest BCUT2D eigenvalue weighted by molar-refractivity contribution is 0.726. The average Bonchev–Trinajstić information content (AvgIpc) is 2.65. The summed E-state index contributed by atoms with van der Waals surface area (Å²) in [4.78, 5) is 9.50. The number of pyridine rings is 2. The number of nitrogens with zero attached hydrogens (tertiary/aromatic N) is 2. The second kappa shape index (κ2) is 7.25. The predicted molar refractivity (Wildman–Crippen MR) is 110 cm³/mol. The largest absolute Gasteiger partial charge is 0.253 e. The monoisotopic (exact) mass is 340 g/mol. The number of rotatable bonds is 5. The van der Waals surface area contributed by atoms with Crippen LogP contribution in [0.25, 0.3) is 21.8 Å². The Morgan fingerprint density at radius 3 is 1.50 bits per heavy atom. The van der Waals surface area contributed by atoms with Gasteiger partial charge < -0.3 is 0 Å². The van der Waals surface area contributed by atoms with Crippen LogP contribution in [0.15, 0.2) is 60.7 Å². The molecule has 0 atom stereocenters. The van der Waals surface area contributed by atoms with Crippen LogP contribution in [0, 0.1) is 13.8 Å². The summed E-state index contributed by atoms with van der Waals surface area (Å²) in [6.45, 7) is 4.25. The number of aromatic nitrogens is 2. The minimum atomic E-state index is 1.09. The fourth-order valence-corrected chi connectivity index (χ4v) is 3.65. The van der Waals surface area contributed by atoms with Crippen molar-refractivity contribution in [2.45, 2.75) is 39.5 Å². The van der Waals surface area contributed by atoms with E-state index in [-0.39, 0.29) is 0 Å². The predicted octanol–water partition coefficient (Wildman–Crippen LogP) is 5.97. The Balaban J connectivity index is 1.42. The Hall–Kier alpha value is -2.74. The summed E-state index contributed by atoms with van der Waals surface area (Å²) in [5.74, 6) is 0. The van der Waals surface area contributed by atoms with E-state index in [1.807, 2.05) is 12.1 Å². The minimum Gasteiger partial charge on any atom is -0.253 e. The first kappa shape index (κ1) is 16.7. The van der Waals surface area contributed by atoms with Crippen LogP contribution in [0.5, 0.6) is 0 Å². The zero-order valence-electron chi connectivity index (χ0n) is 15.5. The van der Waals surface area contributed by atoms with Gasteiger partial charge in [0.25, 0.3) is 0 Å². The molecule has 0 radical (unpaired) electrons. The maximum atomic E-state index is 4.75. The van der Waals surface area contributed by atoms with Gasteiger partial charge in [-0.15, -0.1) is 0 Å². The van der Waals surface area contributed by atoms with E-state index in [1.54, 1.807) is 0 Å². The summed E-state index contributed by atoms with van der Waals surface area (Å²) in [6, 6.07) is 21.3. The second-order valence-corrected chi connectivity index (χ2v) is 7.06. The molecule has 2 aromatic carbocycles. The smallest absolute Gasteiger partial charge is 0.0705 e. The van der Waals surface area contributed by atoms with Crippen LogP contribution >= 0.6 is 0 Å². The molecule has 0 saturated heterocycles. The van der Waals surface area contributed by atoms with Gasteiger partial charge in [-0.1, -0.05) is 36.4 Å². The third kappa shape index (κ3) is 3.45. The fourth-order valence-electron chi connectivity index (χ4n) is 3.65. The SMILES string of the molecule is Cc1nc2ccccc2cc1CCCCc1cc2ccccc2nc1C. The lowest BCUT2D eigenvalue weighted by atomic mass is 10.00. The summed E-state index contributed by atoms with van der Waals surface area (Å²) < 4.78 is 0. The summed E-state index contributed by atoms with van der Waals surface area (Å²) in [6.07, 6.45) is 4.52. The van der Waals surface area contributed by atoms with Crippen LogP contribution in [0.4, 0.5) is 0 Å². The third-order valence-corrected chi connectivity index (χ3v) is 5.18. The Kier molecular flexibility index (Phi) is 4.66. The van der Waals surface area contributed by atoms with Crippen LogP contribution in [-0.2, 0) is 12.8 Å². The first-order valence-electron chi connectivity index (χ1n) is 9.41. The molecule has 26 heavy (non-hydrogen) atoms. The maximum absolute atomic E-state index is 4.75. The van der Waals surface area contributed by atoms with Crippen molar-refractivity contribution in [2.75, 3.05) is 0 Å². The molecule has 0 spiro atoms. The normalized spacial score (nSPS) is 11.3. The van der Waals surface area contributed by atoms with Crippen LogP contribution < -0.4 is 0 Å². The van der Waals surface area contributed by atoms with Gasteiger partial charge in [0.15, 0.2) is 0 Å². The fraction of sp³-hybridized carbons (Fsp3) is 0.250. The van der Waals surface area contributed by atoms with Crippen molar-refractivity contribution in [3.05, 3.63) is 83.2 Å². The number of hydrogen-bond donors (Lipinski definition) is 0. The molecule has 2 heterocycles. The second-order valence-electron chi connectivity index (χ2n) is 7.06. The molecule has 0 aliphatic carbocycles. The first-order valence-corrected chi connectivity index (χ1v) is 9.41. The molecule has 2 aromatic heterocycles. The van der Waals surface area contributed by atoms with Crippen molar-refractivity contribution in [2.24, 2.45) is 0 Å². The van der Waals surface area contributed by atoms with E-state index in [9.17, 15) is 0 Å². The van der Waals surface area contributed by atoms with Gasteiger partial charge in [0.05, 0.1) is 11.0 Å². The number of fused-ring (bicyclic) bond motifs is 2. The van der Waals surface area contributed by atoms with Gasteiger partial charge in [0, 0.05) is 22.2 Å². The molecular formula is C24H24N2. The standard InChI is InChI=1S/C24H24N2/c1-17-19(15-21-11-5-7-13-23(21)25-17)9-3-4-10-20-16-22-12-6-8-14-24(22)26-18(20)2/h5-8,11-16H,3-4,9-10H2,1-2H3. The minimum absolute atomic E-state index is 1.09. The molecule has 0 saturated carbocycles. The van der Waals surface area contributed by atoms with E-state index in [4.69, 9.17) is 9.97 Å². The lowest BCUT2D eigenvalue weighted by Crippen LogP contribution is -1.97. The third-order valence-electron chi connectivity index (χ3n) is 5.18. The topological polar surface area (TPSA) is 25.8 Å². The van der Waals surface area contributed by atoms with E-state index in [0.29, 0.717) is 0 Å². The Morgan fingerprint density at radius 2 is 1.04 bits per heavy atom. The highest BCUT2D eigenvalue weighted by Crippen LogP contribution is 2.20.